The number of hydrogen-bond donors (Lipinski definition) is 0. The minimum atomic E-state index is -1.54. The number of aromatic nitrogens is 2. The lowest BCUT2D eigenvalue weighted by atomic mass is 10.4. The maximum Gasteiger partial charge on any atom is 0.361 e. The van der Waals surface area contributed by atoms with Crippen LogP contribution in [0.15, 0.2) is 33.4 Å². The van der Waals surface area contributed by atoms with Gasteiger partial charge in [0.25, 0.3) is 0 Å². The summed E-state index contributed by atoms with van der Waals surface area (Å²) in [6, 6.07) is 6.54. The summed E-state index contributed by atoms with van der Waals surface area (Å²) in [7, 11) is -1.54. The molecule has 2 aromatic rings. The monoisotopic (exact) mass is 330 g/mol. The topological polar surface area (TPSA) is 69.2 Å². The highest BCUT2D eigenvalue weighted by molar-refractivity contribution is 7.87. The van der Waals surface area contributed by atoms with Crippen LogP contribution in [0.3, 0.4) is 0 Å². The number of halogens is 1. The van der Waals surface area contributed by atoms with Crippen molar-refractivity contribution in [2.24, 2.45) is 0 Å². The number of carbonyl (C=O) groups is 1. The van der Waals surface area contributed by atoms with Crippen LogP contribution in [0.5, 0.6) is 0 Å². The van der Waals surface area contributed by atoms with Gasteiger partial charge < -0.3 is 4.74 Å². The third-order valence-electron chi connectivity index (χ3n) is 2.19. The molecule has 5 nitrogen and oxygen atoms in total. The molecule has 0 bridgehead atoms. The second-order valence-electron chi connectivity index (χ2n) is 4.09. The van der Waals surface area contributed by atoms with Crippen molar-refractivity contribution in [2.75, 3.05) is 0 Å². The molecule has 0 saturated heterocycles. The van der Waals surface area contributed by atoms with Gasteiger partial charge in [-0.1, -0.05) is 16.1 Å². The molecule has 0 aliphatic carbocycles. The van der Waals surface area contributed by atoms with Gasteiger partial charge in [0, 0.05) is 9.92 Å². The van der Waals surface area contributed by atoms with E-state index < -0.39 is 16.8 Å². The number of ether oxygens (including phenoxy) is 1. The van der Waals surface area contributed by atoms with Crippen molar-refractivity contribution in [1.29, 1.82) is 0 Å². The molecule has 0 aliphatic rings. The van der Waals surface area contributed by atoms with Gasteiger partial charge in [-0.2, -0.15) is 0 Å². The Labute approximate surface area is 127 Å². The Morgan fingerprint density at radius 2 is 2.00 bits per heavy atom. The lowest BCUT2D eigenvalue weighted by Crippen LogP contribution is -2.14. The Balaban J connectivity index is 2.30. The fourth-order valence-electron chi connectivity index (χ4n) is 1.36. The average Bonchev–Trinajstić information content (AvgIpc) is 2.87. The van der Waals surface area contributed by atoms with E-state index in [4.69, 9.17) is 16.3 Å². The molecule has 8 heteroatoms. The van der Waals surface area contributed by atoms with Crippen LogP contribution >= 0.6 is 23.1 Å². The number of hydrogen-bond acceptors (Lipinski definition) is 6. The molecule has 0 saturated carbocycles. The average molecular weight is 331 g/mol. The van der Waals surface area contributed by atoms with Crippen LogP contribution in [-0.2, 0) is 15.5 Å². The molecule has 0 radical (unpaired) electrons. The van der Waals surface area contributed by atoms with Crippen LogP contribution in [0.1, 0.15) is 24.3 Å². The molecule has 1 heterocycles. The van der Waals surface area contributed by atoms with Gasteiger partial charge in [0.05, 0.1) is 16.9 Å². The zero-order chi connectivity index (χ0) is 14.7. The molecule has 0 unspecified atom stereocenters. The molecule has 0 amide bonds. The largest absolute Gasteiger partial charge is 0.458 e. The molecule has 1 aromatic heterocycles. The van der Waals surface area contributed by atoms with Crippen molar-refractivity contribution in [3.63, 3.8) is 0 Å². The summed E-state index contributed by atoms with van der Waals surface area (Å²) in [5.74, 6) is -0.619. The Kier molecular flexibility index (Phi) is 4.85. The first-order valence-corrected chi connectivity index (χ1v) is 8.00. The maximum absolute atomic E-state index is 12.4. The van der Waals surface area contributed by atoms with Crippen molar-refractivity contribution >= 4 is 39.9 Å². The summed E-state index contributed by atoms with van der Waals surface area (Å²) in [4.78, 5) is 12.4. The Bertz CT molecular complexity index is 640. The zero-order valence-corrected chi connectivity index (χ0v) is 13.1. The van der Waals surface area contributed by atoms with Crippen molar-refractivity contribution < 1.29 is 13.7 Å². The quantitative estimate of drug-likeness (QED) is 0.806. The van der Waals surface area contributed by atoms with Gasteiger partial charge in [-0.3, -0.25) is 0 Å². The van der Waals surface area contributed by atoms with Gasteiger partial charge in [-0.25, -0.2) is 9.00 Å². The van der Waals surface area contributed by atoms with E-state index in [9.17, 15) is 9.00 Å². The second-order valence-corrected chi connectivity index (χ2v) is 6.95. The first kappa shape index (κ1) is 15.1. The first-order valence-electron chi connectivity index (χ1n) is 5.69. The van der Waals surface area contributed by atoms with Crippen molar-refractivity contribution in [3.8, 4) is 0 Å². The van der Waals surface area contributed by atoms with Gasteiger partial charge in [-0.15, -0.1) is 5.10 Å². The Morgan fingerprint density at radius 1 is 1.35 bits per heavy atom. The summed E-state index contributed by atoms with van der Waals surface area (Å²) >= 11 is 6.70. The Hall–Kier alpha value is -1.31. The molecule has 1 aromatic carbocycles. The highest BCUT2D eigenvalue weighted by atomic mass is 35.5. The van der Waals surface area contributed by atoms with Crippen molar-refractivity contribution in [3.05, 3.63) is 35.0 Å². The lowest BCUT2D eigenvalue weighted by molar-refractivity contribution is 0.0366. The van der Waals surface area contributed by atoms with Gasteiger partial charge in [-0.05, 0) is 49.6 Å². The van der Waals surface area contributed by atoms with Crippen LogP contribution in [0, 0.1) is 0 Å². The standard InChI is InChI=1S/C12H11ClN2O3S2/c1-7(2)18-11(16)10-12(19-15-14-10)20(17)9-5-3-8(13)4-6-9/h3-7H,1-2H3/t20-/m0/s1. The zero-order valence-electron chi connectivity index (χ0n) is 10.7. The van der Waals surface area contributed by atoms with E-state index >= 15 is 0 Å². The van der Waals surface area contributed by atoms with E-state index in [-0.39, 0.29) is 16.0 Å². The molecule has 0 N–H and O–H groups in total. The SMILES string of the molecule is CC(C)OC(=O)c1nnsc1[S@@](=O)c1ccc(Cl)cc1. The van der Waals surface area contributed by atoms with Gasteiger partial charge in [0.15, 0.2) is 9.90 Å². The molecule has 0 fully saturated rings. The van der Waals surface area contributed by atoms with E-state index in [1.54, 1.807) is 38.1 Å². The van der Waals surface area contributed by atoms with Crippen LogP contribution in [0.25, 0.3) is 0 Å². The second kappa shape index (κ2) is 6.43. The van der Waals surface area contributed by atoms with Gasteiger partial charge in [0.1, 0.15) is 0 Å². The highest BCUT2D eigenvalue weighted by Gasteiger charge is 2.24. The van der Waals surface area contributed by atoms with Crippen LogP contribution < -0.4 is 0 Å². The van der Waals surface area contributed by atoms with E-state index in [2.05, 4.69) is 9.59 Å². The van der Waals surface area contributed by atoms with Crippen LogP contribution in [-0.4, -0.2) is 25.9 Å². The lowest BCUT2D eigenvalue weighted by Gasteiger charge is -2.06. The first-order chi connectivity index (χ1) is 9.49. The fraction of sp³-hybridized carbons (Fsp3) is 0.250. The normalized spacial score (nSPS) is 12.4. The third-order valence-corrected chi connectivity index (χ3v) is 4.87. The van der Waals surface area contributed by atoms with Crippen LogP contribution in [0.4, 0.5) is 0 Å². The minimum Gasteiger partial charge on any atom is -0.458 e. The highest BCUT2D eigenvalue weighted by Crippen LogP contribution is 2.24. The molecule has 0 spiro atoms. The molecular weight excluding hydrogens is 320 g/mol. The summed E-state index contributed by atoms with van der Waals surface area (Å²) in [6.45, 7) is 3.46. The Morgan fingerprint density at radius 3 is 2.60 bits per heavy atom. The number of carbonyl (C=O) groups excluding carboxylic acids is 1. The molecule has 0 aliphatic heterocycles. The van der Waals surface area contributed by atoms with E-state index in [0.717, 1.165) is 11.5 Å². The minimum absolute atomic E-state index is 0.00279. The molecule has 1 atom stereocenters. The smallest absolute Gasteiger partial charge is 0.361 e. The maximum atomic E-state index is 12.4. The fourth-order valence-corrected chi connectivity index (χ4v) is 3.45. The predicted octanol–water partition coefficient (Wildman–Crippen LogP) is 2.92. The summed E-state index contributed by atoms with van der Waals surface area (Å²) in [6.07, 6.45) is -0.277. The molecule has 20 heavy (non-hydrogen) atoms. The molecule has 106 valence electrons. The summed E-state index contributed by atoms with van der Waals surface area (Å²) in [5, 5.41) is 4.26. The number of benzene rings is 1. The number of nitrogens with zero attached hydrogens (tertiary/aromatic N) is 2. The van der Waals surface area contributed by atoms with Gasteiger partial charge >= 0.3 is 5.97 Å². The number of rotatable bonds is 4. The van der Waals surface area contributed by atoms with E-state index in [1.165, 1.54) is 0 Å². The molecular formula is C12H11ClN2O3S2. The third kappa shape index (κ3) is 3.41. The van der Waals surface area contributed by atoms with Gasteiger partial charge in [0.2, 0.25) is 0 Å². The summed E-state index contributed by atoms with van der Waals surface area (Å²) < 4.78 is 21.4. The summed E-state index contributed by atoms with van der Waals surface area (Å²) in [5.41, 5.74) is -0.00279. The molecule has 2 rings (SSSR count). The predicted molar refractivity (Wildman–Crippen MR) is 76.6 cm³/mol. The van der Waals surface area contributed by atoms with E-state index in [0.29, 0.717) is 9.92 Å². The number of esters is 1. The van der Waals surface area contributed by atoms with E-state index in [1.807, 2.05) is 0 Å². The van der Waals surface area contributed by atoms with Crippen molar-refractivity contribution in [2.45, 2.75) is 29.1 Å². The van der Waals surface area contributed by atoms with Crippen LogP contribution in [0.2, 0.25) is 5.02 Å². The van der Waals surface area contributed by atoms with Crippen molar-refractivity contribution in [1.82, 2.24) is 9.59 Å².